The normalized spacial score (nSPS) is 24.6. The van der Waals surface area contributed by atoms with Gasteiger partial charge in [0.25, 0.3) is 0 Å². The molecule has 2 atom stereocenters. The van der Waals surface area contributed by atoms with Gasteiger partial charge < -0.3 is 9.47 Å². The lowest BCUT2D eigenvalue weighted by molar-refractivity contribution is -0.0454. The Morgan fingerprint density at radius 2 is 1.25 bits per heavy atom. The predicted molar refractivity (Wildman–Crippen MR) is 85.5 cm³/mol. The summed E-state index contributed by atoms with van der Waals surface area (Å²) in [6.45, 7) is 8.53. The number of unbranched alkanes of at least 4 members (excludes halogenated alkanes) is 2. The first-order chi connectivity index (χ1) is 9.67. The van der Waals surface area contributed by atoms with Crippen LogP contribution in [-0.2, 0) is 9.47 Å². The maximum Gasteiger partial charge on any atom is 0.135 e. The Morgan fingerprint density at radius 3 is 1.60 bits per heavy atom. The van der Waals surface area contributed by atoms with E-state index in [1.807, 2.05) is 0 Å². The highest BCUT2D eigenvalue weighted by molar-refractivity contribution is 4.94. The number of ether oxygens (including phenoxy) is 2. The van der Waals surface area contributed by atoms with Crippen LogP contribution in [0.3, 0.4) is 0 Å². The van der Waals surface area contributed by atoms with Gasteiger partial charge in [-0.05, 0) is 64.5 Å². The van der Waals surface area contributed by atoms with E-state index in [4.69, 9.17) is 9.47 Å². The molecule has 116 valence electrons. The second-order valence-electron chi connectivity index (χ2n) is 5.80. The van der Waals surface area contributed by atoms with Crippen LogP contribution in [0, 0.1) is 0 Å². The molecule has 0 heterocycles. The highest BCUT2D eigenvalue weighted by Crippen LogP contribution is 2.27. The molecule has 2 heteroatoms. The first-order valence-corrected chi connectivity index (χ1v) is 8.34. The van der Waals surface area contributed by atoms with Crippen LogP contribution in [0.1, 0.15) is 79.1 Å². The van der Waals surface area contributed by atoms with Gasteiger partial charge in [-0.3, -0.25) is 0 Å². The maximum absolute atomic E-state index is 6.12. The minimum Gasteiger partial charge on any atom is -0.492 e. The average Bonchev–Trinajstić information content (AvgIpc) is 2.45. The number of allylic oxidation sites excluding steroid dienone is 4. The van der Waals surface area contributed by atoms with Crippen molar-refractivity contribution in [1.29, 1.82) is 0 Å². The van der Waals surface area contributed by atoms with Gasteiger partial charge in [-0.2, -0.15) is 0 Å². The zero-order chi connectivity index (χ0) is 14.8. The molecule has 2 nitrogen and oxygen atoms in total. The molecule has 0 bridgehead atoms. The molecule has 1 aliphatic rings. The fraction of sp³-hybridized carbons (Fsp3) is 0.778. The molecule has 1 aliphatic carbocycles. The topological polar surface area (TPSA) is 18.5 Å². The van der Waals surface area contributed by atoms with E-state index in [-0.39, 0.29) is 12.2 Å². The average molecular weight is 280 g/mol. The minimum absolute atomic E-state index is 0.224. The van der Waals surface area contributed by atoms with Gasteiger partial charge in [0.05, 0.1) is 11.5 Å². The van der Waals surface area contributed by atoms with Gasteiger partial charge >= 0.3 is 0 Å². The van der Waals surface area contributed by atoms with E-state index >= 15 is 0 Å². The van der Waals surface area contributed by atoms with Gasteiger partial charge in [-0.1, -0.05) is 26.7 Å². The van der Waals surface area contributed by atoms with Crippen LogP contribution < -0.4 is 0 Å². The van der Waals surface area contributed by atoms with Gasteiger partial charge in [-0.15, -0.1) is 0 Å². The van der Waals surface area contributed by atoms with E-state index in [1.54, 1.807) is 0 Å². The molecule has 0 aromatic heterocycles. The summed E-state index contributed by atoms with van der Waals surface area (Å²) in [6.07, 6.45) is 14.1. The third-order valence-corrected chi connectivity index (χ3v) is 3.76. The third kappa shape index (κ3) is 6.49. The molecule has 0 spiro atoms. The highest BCUT2D eigenvalue weighted by Gasteiger charge is 2.28. The lowest BCUT2D eigenvalue weighted by Gasteiger charge is -2.32. The first-order valence-electron chi connectivity index (χ1n) is 8.34. The smallest absolute Gasteiger partial charge is 0.135 e. The van der Waals surface area contributed by atoms with E-state index in [2.05, 4.69) is 39.8 Å². The van der Waals surface area contributed by atoms with Crippen LogP contribution >= 0.6 is 0 Å². The highest BCUT2D eigenvalue weighted by atomic mass is 16.5. The van der Waals surface area contributed by atoms with E-state index < -0.39 is 0 Å². The van der Waals surface area contributed by atoms with Crippen molar-refractivity contribution in [2.45, 2.75) is 91.3 Å². The van der Waals surface area contributed by atoms with Gasteiger partial charge in [0.1, 0.15) is 12.2 Å². The van der Waals surface area contributed by atoms with Crippen molar-refractivity contribution >= 4 is 0 Å². The van der Waals surface area contributed by atoms with Crippen molar-refractivity contribution in [3.63, 3.8) is 0 Å². The van der Waals surface area contributed by atoms with Gasteiger partial charge in [0.15, 0.2) is 0 Å². The number of rotatable bonds is 8. The summed E-state index contributed by atoms with van der Waals surface area (Å²) in [4.78, 5) is 0. The Bertz CT molecular complexity index is 285. The van der Waals surface area contributed by atoms with Crippen molar-refractivity contribution in [2.75, 3.05) is 0 Å². The van der Waals surface area contributed by atoms with Crippen LogP contribution in [0.2, 0.25) is 0 Å². The molecule has 0 aromatic carbocycles. The van der Waals surface area contributed by atoms with Crippen LogP contribution in [-0.4, -0.2) is 12.2 Å². The molecule has 2 unspecified atom stereocenters. The minimum atomic E-state index is 0.224. The lowest BCUT2D eigenvalue weighted by Crippen LogP contribution is -2.34. The summed E-state index contributed by atoms with van der Waals surface area (Å²) in [7, 11) is 0. The second kappa shape index (κ2) is 9.90. The molecule has 0 aliphatic heterocycles. The lowest BCUT2D eigenvalue weighted by atomic mass is 9.94. The zero-order valence-electron chi connectivity index (χ0n) is 13.8. The molecule has 1 saturated carbocycles. The summed E-state index contributed by atoms with van der Waals surface area (Å²) in [5, 5.41) is 0. The van der Waals surface area contributed by atoms with E-state index in [9.17, 15) is 0 Å². The summed E-state index contributed by atoms with van der Waals surface area (Å²) in [5.74, 6) is 2.12. The molecule has 20 heavy (non-hydrogen) atoms. The molecular formula is C18H32O2. The van der Waals surface area contributed by atoms with E-state index in [0.29, 0.717) is 0 Å². The standard InChI is InChI=1S/C18H32O2/c1-5-7-11-15(3)19-17-13-9-10-14-18(17)20-16(4)12-8-6-2/h11-12,17-18H,5-10,13-14H2,1-4H3. The predicted octanol–water partition coefficient (Wildman–Crippen LogP) is 5.74. The molecule has 0 aromatic rings. The molecule has 0 radical (unpaired) electrons. The Kier molecular flexibility index (Phi) is 8.48. The second-order valence-corrected chi connectivity index (χ2v) is 5.80. The molecule has 0 N–H and O–H groups in total. The molecule has 0 amide bonds. The Hall–Kier alpha value is -0.920. The fourth-order valence-electron chi connectivity index (χ4n) is 2.60. The van der Waals surface area contributed by atoms with Gasteiger partial charge in [0.2, 0.25) is 0 Å². The van der Waals surface area contributed by atoms with Crippen molar-refractivity contribution in [2.24, 2.45) is 0 Å². The number of hydrogen-bond acceptors (Lipinski definition) is 2. The molecule has 1 fully saturated rings. The fourth-order valence-corrected chi connectivity index (χ4v) is 2.60. The molecule has 0 saturated heterocycles. The summed E-state index contributed by atoms with van der Waals surface area (Å²) in [5.41, 5.74) is 0. The third-order valence-electron chi connectivity index (χ3n) is 3.76. The Labute approximate surface area is 125 Å². The van der Waals surface area contributed by atoms with Crippen LogP contribution in [0.15, 0.2) is 23.7 Å². The molecule has 1 rings (SSSR count). The van der Waals surface area contributed by atoms with Crippen LogP contribution in [0.5, 0.6) is 0 Å². The van der Waals surface area contributed by atoms with E-state index in [0.717, 1.165) is 37.2 Å². The summed E-state index contributed by atoms with van der Waals surface area (Å²) < 4.78 is 12.2. The summed E-state index contributed by atoms with van der Waals surface area (Å²) >= 11 is 0. The largest absolute Gasteiger partial charge is 0.492 e. The Morgan fingerprint density at radius 1 is 0.850 bits per heavy atom. The summed E-state index contributed by atoms with van der Waals surface area (Å²) in [6, 6.07) is 0. The van der Waals surface area contributed by atoms with Crippen molar-refractivity contribution < 1.29 is 9.47 Å². The monoisotopic (exact) mass is 280 g/mol. The SMILES string of the molecule is CCCC=C(C)OC1CCCCC1OC(C)=CCCC. The maximum atomic E-state index is 6.12. The quantitative estimate of drug-likeness (QED) is 0.528. The zero-order valence-corrected chi connectivity index (χ0v) is 13.8. The van der Waals surface area contributed by atoms with Crippen molar-refractivity contribution in [3.8, 4) is 0 Å². The van der Waals surface area contributed by atoms with E-state index in [1.165, 1.54) is 25.7 Å². The Balaban J connectivity index is 2.53. The van der Waals surface area contributed by atoms with Crippen LogP contribution in [0.4, 0.5) is 0 Å². The van der Waals surface area contributed by atoms with Crippen molar-refractivity contribution in [3.05, 3.63) is 23.7 Å². The number of hydrogen-bond donors (Lipinski definition) is 0. The van der Waals surface area contributed by atoms with Gasteiger partial charge in [0, 0.05) is 0 Å². The van der Waals surface area contributed by atoms with Crippen LogP contribution in [0.25, 0.3) is 0 Å². The van der Waals surface area contributed by atoms with Crippen molar-refractivity contribution in [1.82, 2.24) is 0 Å². The first kappa shape index (κ1) is 17.1. The molecular weight excluding hydrogens is 248 g/mol. The van der Waals surface area contributed by atoms with Gasteiger partial charge in [-0.25, -0.2) is 0 Å².